The predicted octanol–water partition coefficient (Wildman–Crippen LogP) is 2.95. The van der Waals surface area contributed by atoms with Gasteiger partial charge in [0.1, 0.15) is 17.5 Å². The Labute approximate surface area is 218 Å². The largest absolute Gasteiger partial charge is 0.491 e. The van der Waals surface area contributed by atoms with E-state index < -0.39 is 0 Å². The molecule has 0 bridgehead atoms. The predicted molar refractivity (Wildman–Crippen MR) is 144 cm³/mol. The highest BCUT2D eigenvalue weighted by Gasteiger charge is 2.38. The summed E-state index contributed by atoms with van der Waals surface area (Å²) in [5.41, 5.74) is 3.00. The maximum atomic E-state index is 13.1. The van der Waals surface area contributed by atoms with Crippen molar-refractivity contribution in [2.45, 2.75) is 64.6 Å². The average molecular weight is 508 g/mol. The Hall–Kier alpha value is -3.40. The lowest BCUT2D eigenvalue weighted by molar-refractivity contribution is -0.120. The number of benzene rings is 1. The smallest absolute Gasteiger partial charge is 0.251 e. The van der Waals surface area contributed by atoms with Crippen LogP contribution in [-0.4, -0.2) is 78.6 Å². The van der Waals surface area contributed by atoms with Crippen LogP contribution in [0.2, 0.25) is 0 Å². The Kier molecular flexibility index (Phi) is 6.94. The number of hydrogen-bond acceptors (Lipinski definition) is 8. The molecule has 3 aliphatic rings. The third kappa shape index (κ3) is 4.70. The van der Waals surface area contributed by atoms with Crippen LogP contribution in [0.3, 0.4) is 0 Å². The zero-order valence-corrected chi connectivity index (χ0v) is 22.4. The van der Waals surface area contributed by atoms with Gasteiger partial charge in [-0.1, -0.05) is 6.92 Å². The maximum absolute atomic E-state index is 13.1. The third-order valence-corrected chi connectivity index (χ3v) is 7.65. The molecule has 1 atom stereocenters. The molecule has 1 aromatic carbocycles. The van der Waals surface area contributed by atoms with Crippen molar-refractivity contribution < 1.29 is 14.3 Å². The molecule has 10 nitrogen and oxygen atoms in total. The molecular weight excluding hydrogens is 470 g/mol. The number of nitrogens with one attached hydrogen (secondary N) is 2. The number of ether oxygens (including phenoxy) is 1. The Morgan fingerprint density at radius 3 is 2.68 bits per heavy atom. The van der Waals surface area contributed by atoms with Crippen molar-refractivity contribution in [1.29, 1.82) is 0 Å². The van der Waals surface area contributed by atoms with Crippen molar-refractivity contribution in [1.82, 2.24) is 20.2 Å². The number of hydrogen-bond donors (Lipinski definition) is 2. The molecule has 0 spiro atoms. The second-order valence-corrected chi connectivity index (χ2v) is 10.5. The molecule has 1 fully saturated rings. The number of likely N-dealkylation sites (N-methyl/N-ethyl adjacent to an activating group) is 1. The van der Waals surface area contributed by atoms with E-state index in [1.807, 2.05) is 19.1 Å². The average Bonchev–Trinajstić information content (AvgIpc) is 3.37. The number of anilines is 4. The lowest BCUT2D eigenvalue weighted by Crippen LogP contribution is -2.54. The molecule has 2 amide bonds. The maximum Gasteiger partial charge on any atom is 0.251 e. The van der Waals surface area contributed by atoms with E-state index in [9.17, 15) is 9.59 Å². The topological polar surface area (TPSA) is 103 Å². The highest BCUT2D eigenvalue weighted by molar-refractivity contribution is 6.04. The number of rotatable bonds is 6. The lowest BCUT2D eigenvalue weighted by Gasteiger charge is -2.42. The van der Waals surface area contributed by atoms with Gasteiger partial charge in [-0.2, -0.15) is 4.98 Å². The summed E-state index contributed by atoms with van der Waals surface area (Å²) in [7, 11) is 3.88. The number of amides is 2. The van der Waals surface area contributed by atoms with Gasteiger partial charge >= 0.3 is 0 Å². The van der Waals surface area contributed by atoms with Gasteiger partial charge in [-0.15, -0.1) is 0 Å². The fourth-order valence-corrected chi connectivity index (χ4v) is 5.58. The van der Waals surface area contributed by atoms with Gasteiger partial charge in [-0.05, 0) is 65.4 Å². The van der Waals surface area contributed by atoms with Gasteiger partial charge < -0.3 is 30.1 Å². The molecule has 3 aliphatic heterocycles. The summed E-state index contributed by atoms with van der Waals surface area (Å²) in [6.07, 6.45) is 4.98. The summed E-state index contributed by atoms with van der Waals surface area (Å²) in [4.78, 5) is 41.4. The summed E-state index contributed by atoms with van der Waals surface area (Å²) >= 11 is 0. The van der Waals surface area contributed by atoms with Gasteiger partial charge in [0.05, 0.1) is 18.5 Å². The zero-order valence-electron chi connectivity index (χ0n) is 22.4. The van der Waals surface area contributed by atoms with E-state index in [1.165, 1.54) is 0 Å². The van der Waals surface area contributed by atoms with E-state index in [1.54, 1.807) is 18.1 Å². The van der Waals surface area contributed by atoms with E-state index in [4.69, 9.17) is 9.72 Å². The molecule has 1 saturated heterocycles. The number of likely N-dealkylation sites (tertiary alicyclic amines) is 1. The molecule has 0 saturated carbocycles. The van der Waals surface area contributed by atoms with Crippen molar-refractivity contribution in [2.75, 3.05) is 48.9 Å². The van der Waals surface area contributed by atoms with Crippen molar-refractivity contribution in [2.24, 2.45) is 0 Å². The zero-order chi connectivity index (χ0) is 26.3. The van der Waals surface area contributed by atoms with E-state index in [-0.39, 0.29) is 29.9 Å². The van der Waals surface area contributed by atoms with Crippen LogP contribution in [0.4, 0.5) is 23.1 Å². The molecule has 198 valence electrons. The highest BCUT2D eigenvalue weighted by atomic mass is 16.5. The first-order valence-electron chi connectivity index (χ1n) is 13.3. The van der Waals surface area contributed by atoms with Gasteiger partial charge in [0.15, 0.2) is 5.82 Å². The number of aromatic nitrogens is 2. The minimum atomic E-state index is -0.268. The Balaban J connectivity index is 1.40. The summed E-state index contributed by atoms with van der Waals surface area (Å²) in [6, 6.07) is 3.75. The normalized spacial score (nSPS) is 20.1. The molecule has 4 heterocycles. The molecule has 1 unspecified atom stereocenters. The van der Waals surface area contributed by atoms with E-state index >= 15 is 0 Å². The second kappa shape index (κ2) is 10.2. The van der Waals surface area contributed by atoms with E-state index in [2.05, 4.69) is 46.3 Å². The van der Waals surface area contributed by atoms with Crippen LogP contribution in [0, 0.1) is 0 Å². The number of carbonyl (C=O) groups excluding carboxylic acids is 2. The lowest BCUT2D eigenvalue weighted by atomic mass is 10.0. The standard InChI is InChI=1S/C27H37N7O3/c1-6-21-26(36)33(5)22-15-28-27(31-24(22)34(21)16(2)3)30-20-8-7-19(18-11-14-37-23(18)20)25(35)29-17-9-12-32(4)13-10-17/h7-8,15-17,21H,6,9-14H2,1-5H3,(H,29,35)(H,28,30,31). The molecular formula is C27H37N7O3. The fraction of sp³-hybridized carbons (Fsp3) is 0.556. The van der Waals surface area contributed by atoms with Crippen LogP contribution in [-0.2, 0) is 11.2 Å². The van der Waals surface area contributed by atoms with Gasteiger partial charge in [0.2, 0.25) is 11.9 Å². The van der Waals surface area contributed by atoms with Crippen LogP contribution >= 0.6 is 0 Å². The SMILES string of the molecule is CCC1C(=O)N(C)c2cnc(Nc3ccc(C(=O)NC4CCN(C)CC4)c4c3OCC4)nc2N1C(C)C. The van der Waals surface area contributed by atoms with Gasteiger partial charge in [-0.25, -0.2) is 4.98 Å². The third-order valence-electron chi connectivity index (χ3n) is 7.65. The number of fused-ring (bicyclic) bond motifs is 2. The first-order valence-corrected chi connectivity index (χ1v) is 13.3. The Bertz CT molecular complexity index is 1190. The first-order chi connectivity index (χ1) is 17.8. The molecule has 0 aliphatic carbocycles. The summed E-state index contributed by atoms with van der Waals surface area (Å²) in [6.45, 7) is 8.66. The summed E-state index contributed by atoms with van der Waals surface area (Å²) in [5, 5.41) is 6.53. The minimum Gasteiger partial charge on any atom is -0.491 e. The van der Waals surface area contributed by atoms with Crippen molar-refractivity contribution in [3.05, 3.63) is 29.5 Å². The van der Waals surface area contributed by atoms with Crippen molar-refractivity contribution in [3.63, 3.8) is 0 Å². The second-order valence-electron chi connectivity index (χ2n) is 10.5. The molecule has 37 heavy (non-hydrogen) atoms. The van der Waals surface area contributed by atoms with Gasteiger partial charge in [0, 0.05) is 36.7 Å². The quantitative estimate of drug-likeness (QED) is 0.615. The molecule has 10 heteroatoms. The number of piperidine rings is 1. The van der Waals surface area contributed by atoms with Crippen molar-refractivity contribution in [3.8, 4) is 5.75 Å². The van der Waals surface area contributed by atoms with Crippen LogP contribution in [0.25, 0.3) is 0 Å². The van der Waals surface area contributed by atoms with E-state index in [0.717, 1.165) is 43.0 Å². The Morgan fingerprint density at radius 2 is 1.97 bits per heavy atom. The van der Waals surface area contributed by atoms with E-state index in [0.29, 0.717) is 42.4 Å². The number of carbonyl (C=O) groups is 2. The van der Waals surface area contributed by atoms with Crippen molar-refractivity contribution >= 4 is 35.0 Å². The van der Waals surface area contributed by atoms with Crippen LogP contribution < -0.4 is 25.2 Å². The van der Waals surface area contributed by atoms with Gasteiger partial charge in [-0.3, -0.25) is 9.59 Å². The minimum absolute atomic E-state index is 0.0428. The molecule has 5 rings (SSSR count). The first kappa shape index (κ1) is 25.3. The molecule has 0 radical (unpaired) electrons. The van der Waals surface area contributed by atoms with Gasteiger partial charge in [0.25, 0.3) is 5.91 Å². The fourth-order valence-electron chi connectivity index (χ4n) is 5.58. The summed E-state index contributed by atoms with van der Waals surface area (Å²) < 4.78 is 5.97. The van der Waals surface area contributed by atoms with Crippen LogP contribution in [0.1, 0.15) is 56.0 Å². The highest BCUT2D eigenvalue weighted by Crippen LogP contribution is 2.40. The monoisotopic (exact) mass is 507 g/mol. The van der Waals surface area contributed by atoms with Crippen LogP contribution in [0.15, 0.2) is 18.3 Å². The molecule has 1 aromatic heterocycles. The number of nitrogens with zero attached hydrogens (tertiary/aromatic N) is 5. The molecule has 2 aromatic rings. The Morgan fingerprint density at radius 1 is 1.22 bits per heavy atom. The van der Waals surface area contributed by atoms with Crippen LogP contribution in [0.5, 0.6) is 5.75 Å². The molecule has 2 N–H and O–H groups in total. The summed E-state index contributed by atoms with van der Waals surface area (Å²) in [5.74, 6) is 1.83.